The first-order chi connectivity index (χ1) is 8.22. The maximum atomic E-state index is 12.3. The Hall–Kier alpha value is -1.29. The maximum Gasteiger partial charge on any atom is 0.193 e. The molecular formula is C13H13BrO3. The minimum absolute atomic E-state index is 0.00419. The normalized spacial score (nSPS) is 14.8. The lowest BCUT2D eigenvalue weighted by atomic mass is 9.99. The summed E-state index contributed by atoms with van der Waals surface area (Å²) in [5, 5.41) is 0. The van der Waals surface area contributed by atoms with Crippen molar-refractivity contribution in [1.82, 2.24) is 0 Å². The summed E-state index contributed by atoms with van der Waals surface area (Å²) < 4.78 is 11.1. The first-order valence-corrected chi connectivity index (χ1v) is 6.20. The van der Waals surface area contributed by atoms with Gasteiger partial charge in [-0.2, -0.15) is 0 Å². The second kappa shape index (κ2) is 5.36. The quantitative estimate of drug-likeness (QED) is 0.803. The fraction of sp³-hybridized carbons (Fsp3) is 0.308. The maximum absolute atomic E-state index is 12.3. The molecule has 0 aliphatic carbocycles. The third kappa shape index (κ3) is 2.69. The summed E-state index contributed by atoms with van der Waals surface area (Å²) in [7, 11) is 1.58. The predicted molar refractivity (Wildman–Crippen MR) is 68.3 cm³/mol. The fourth-order valence-corrected chi connectivity index (χ4v) is 2.14. The van der Waals surface area contributed by atoms with E-state index in [0.717, 1.165) is 17.3 Å². The number of allylic oxidation sites excluding steroid dienone is 1. The van der Waals surface area contributed by atoms with Crippen molar-refractivity contribution < 1.29 is 14.3 Å². The van der Waals surface area contributed by atoms with Gasteiger partial charge in [-0.05, 0) is 31.0 Å². The number of carbonyl (C=O) groups is 1. The van der Waals surface area contributed by atoms with Crippen molar-refractivity contribution in [1.29, 1.82) is 0 Å². The van der Waals surface area contributed by atoms with Gasteiger partial charge < -0.3 is 9.47 Å². The van der Waals surface area contributed by atoms with Crippen LogP contribution >= 0.6 is 15.9 Å². The second-order valence-electron chi connectivity index (χ2n) is 3.79. The van der Waals surface area contributed by atoms with Crippen LogP contribution in [0.1, 0.15) is 23.2 Å². The molecule has 0 fully saturated rings. The lowest BCUT2D eigenvalue weighted by Crippen LogP contribution is -2.10. The summed E-state index contributed by atoms with van der Waals surface area (Å²) in [5.41, 5.74) is 1.33. The smallest absolute Gasteiger partial charge is 0.193 e. The molecule has 0 amide bonds. The van der Waals surface area contributed by atoms with Crippen LogP contribution in [0.5, 0.6) is 5.75 Å². The van der Waals surface area contributed by atoms with E-state index in [1.165, 1.54) is 0 Å². The number of Topliss-reactive ketones (excluding diaryl/α,β-unsaturated/α-hetero) is 1. The van der Waals surface area contributed by atoms with Crippen LogP contribution in [0, 0.1) is 0 Å². The van der Waals surface area contributed by atoms with Crippen LogP contribution in [0.3, 0.4) is 0 Å². The Kier molecular flexibility index (Phi) is 3.84. The van der Waals surface area contributed by atoms with Gasteiger partial charge in [0.1, 0.15) is 5.75 Å². The summed E-state index contributed by atoms with van der Waals surface area (Å²) in [6.07, 6.45) is 3.22. The fourth-order valence-electron chi connectivity index (χ4n) is 1.71. The van der Waals surface area contributed by atoms with Crippen molar-refractivity contribution in [3.8, 4) is 5.75 Å². The van der Waals surface area contributed by atoms with Gasteiger partial charge in [0, 0.05) is 15.6 Å². The van der Waals surface area contributed by atoms with Crippen molar-refractivity contribution in [3.63, 3.8) is 0 Å². The molecule has 0 aromatic heterocycles. The van der Waals surface area contributed by atoms with E-state index in [9.17, 15) is 4.79 Å². The van der Waals surface area contributed by atoms with Crippen LogP contribution < -0.4 is 4.74 Å². The van der Waals surface area contributed by atoms with E-state index in [0.29, 0.717) is 23.5 Å². The molecule has 1 aliphatic heterocycles. The van der Waals surface area contributed by atoms with Gasteiger partial charge >= 0.3 is 0 Å². The van der Waals surface area contributed by atoms with Crippen LogP contribution in [-0.4, -0.2) is 19.5 Å². The Balaban J connectivity index is 2.32. The molecule has 2 rings (SSSR count). The minimum Gasteiger partial charge on any atom is -0.501 e. The Labute approximate surface area is 109 Å². The standard InChI is InChI=1S/C13H13BrO3/c1-16-10-4-5-12(14)11(7-10)13(15)9-3-2-6-17-8-9/h4-5,7-8H,2-3,6H2,1H3. The van der Waals surface area contributed by atoms with Crippen LogP contribution in [0.4, 0.5) is 0 Å². The van der Waals surface area contributed by atoms with Gasteiger partial charge in [0.15, 0.2) is 5.78 Å². The molecule has 1 aromatic carbocycles. The van der Waals surface area contributed by atoms with E-state index in [4.69, 9.17) is 9.47 Å². The number of benzene rings is 1. The third-order valence-corrected chi connectivity index (χ3v) is 3.34. The van der Waals surface area contributed by atoms with E-state index in [-0.39, 0.29) is 5.78 Å². The van der Waals surface area contributed by atoms with E-state index in [1.54, 1.807) is 19.4 Å². The van der Waals surface area contributed by atoms with Crippen LogP contribution in [-0.2, 0) is 4.74 Å². The van der Waals surface area contributed by atoms with Crippen LogP contribution in [0.15, 0.2) is 34.5 Å². The highest BCUT2D eigenvalue weighted by Gasteiger charge is 2.18. The monoisotopic (exact) mass is 296 g/mol. The average molecular weight is 297 g/mol. The lowest BCUT2D eigenvalue weighted by molar-refractivity contribution is 0.101. The molecule has 1 heterocycles. The highest BCUT2D eigenvalue weighted by Crippen LogP contribution is 2.26. The SMILES string of the molecule is COc1ccc(Br)c(C(=O)C2=COCCC2)c1. The highest BCUT2D eigenvalue weighted by molar-refractivity contribution is 9.10. The number of halogens is 1. The van der Waals surface area contributed by atoms with Crippen molar-refractivity contribution in [2.75, 3.05) is 13.7 Å². The number of hydrogen-bond donors (Lipinski definition) is 0. The van der Waals surface area contributed by atoms with E-state index in [2.05, 4.69) is 15.9 Å². The molecule has 1 aromatic rings. The summed E-state index contributed by atoms with van der Waals surface area (Å²) >= 11 is 3.38. The first kappa shape index (κ1) is 12.2. The predicted octanol–water partition coefficient (Wildman–Crippen LogP) is 3.33. The van der Waals surface area contributed by atoms with Gasteiger partial charge in [-0.3, -0.25) is 4.79 Å². The molecule has 0 atom stereocenters. The molecule has 4 heteroatoms. The molecule has 90 valence electrons. The first-order valence-electron chi connectivity index (χ1n) is 5.41. The van der Waals surface area contributed by atoms with E-state index in [1.807, 2.05) is 12.1 Å². The number of rotatable bonds is 3. The Morgan fingerprint density at radius 1 is 1.47 bits per heavy atom. The molecule has 0 radical (unpaired) electrons. The molecule has 0 spiro atoms. The summed E-state index contributed by atoms with van der Waals surface area (Å²) in [6.45, 7) is 0.691. The van der Waals surface area contributed by atoms with Crippen LogP contribution in [0.2, 0.25) is 0 Å². The van der Waals surface area contributed by atoms with Gasteiger partial charge in [-0.1, -0.05) is 15.9 Å². The molecule has 0 bridgehead atoms. The molecule has 3 nitrogen and oxygen atoms in total. The van der Waals surface area contributed by atoms with E-state index >= 15 is 0 Å². The lowest BCUT2D eigenvalue weighted by Gasteiger charge is -2.13. The molecular weight excluding hydrogens is 284 g/mol. The molecule has 0 saturated carbocycles. The van der Waals surface area contributed by atoms with Gasteiger partial charge in [-0.15, -0.1) is 0 Å². The molecule has 1 aliphatic rings. The second-order valence-corrected chi connectivity index (χ2v) is 4.65. The molecule has 0 N–H and O–H groups in total. The molecule has 0 unspecified atom stereocenters. The van der Waals surface area contributed by atoms with Crippen molar-refractivity contribution in [2.45, 2.75) is 12.8 Å². The van der Waals surface area contributed by atoms with Gasteiger partial charge in [0.05, 0.1) is 20.0 Å². The Morgan fingerprint density at radius 3 is 2.94 bits per heavy atom. The number of ketones is 1. The Bertz CT molecular complexity index is 466. The highest BCUT2D eigenvalue weighted by atomic mass is 79.9. The van der Waals surface area contributed by atoms with Crippen molar-refractivity contribution >= 4 is 21.7 Å². The van der Waals surface area contributed by atoms with Crippen molar-refractivity contribution in [3.05, 3.63) is 40.1 Å². The summed E-state index contributed by atoms with van der Waals surface area (Å²) in [6, 6.07) is 5.37. The number of carbonyl (C=O) groups excluding carboxylic acids is 1. The van der Waals surface area contributed by atoms with E-state index < -0.39 is 0 Å². The average Bonchev–Trinajstić information content (AvgIpc) is 2.39. The zero-order valence-electron chi connectivity index (χ0n) is 9.53. The number of methoxy groups -OCH3 is 1. The minimum atomic E-state index is -0.00419. The summed E-state index contributed by atoms with van der Waals surface area (Å²) in [5.74, 6) is 0.671. The van der Waals surface area contributed by atoms with Crippen molar-refractivity contribution in [2.24, 2.45) is 0 Å². The molecule has 17 heavy (non-hydrogen) atoms. The topological polar surface area (TPSA) is 35.5 Å². The zero-order chi connectivity index (χ0) is 12.3. The zero-order valence-corrected chi connectivity index (χ0v) is 11.1. The number of ether oxygens (including phenoxy) is 2. The van der Waals surface area contributed by atoms with Gasteiger partial charge in [-0.25, -0.2) is 0 Å². The largest absolute Gasteiger partial charge is 0.501 e. The number of hydrogen-bond acceptors (Lipinski definition) is 3. The van der Waals surface area contributed by atoms with Crippen LogP contribution in [0.25, 0.3) is 0 Å². The van der Waals surface area contributed by atoms with Gasteiger partial charge in [0.25, 0.3) is 0 Å². The summed E-state index contributed by atoms with van der Waals surface area (Å²) in [4.78, 5) is 12.3. The Morgan fingerprint density at radius 2 is 2.29 bits per heavy atom. The van der Waals surface area contributed by atoms with Gasteiger partial charge in [0.2, 0.25) is 0 Å². The molecule has 0 saturated heterocycles. The third-order valence-electron chi connectivity index (χ3n) is 2.64.